The molecule has 0 saturated carbocycles. The number of hydrogen-bond acceptors (Lipinski definition) is 6. The molecule has 0 aliphatic rings. The van der Waals surface area contributed by atoms with Gasteiger partial charge in [-0.25, -0.2) is 4.98 Å². The number of thiophene rings is 1. The number of carbonyl (C=O) groups is 1. The van der Waals surface area contributed by atoms with Gasteiger partial charge in [0.1, 0.15) is 0 Å². The lowest BCUT2D eigenvalue weighted by molar-refractivity contribution is -0.116. The van der Waals surface area contributed by atoms with Crippen molar-refractivity contribution in [3.05, 3.63) is 33.4 Å². The monoisotopic (exact) mass is 351 g/mol. The standard InChI is InChI=1S/C13H13N5OS3/c1-8-7-14-12(22-8)15-10(19)4-5-18-11(16-17-13(18)20)9-3-2-6-21-9/h2-3,6-7H,4-5H2,1H3,(H,17,20)(H,14,15,19). The van der Waals surface area contributed by atoms with Gasteiger partial charge in [-0.3, -0.25) is 14.5 Å². The third-order valence-electron chi connectivity index (χ3n) is 2.93. The molecule has 0 atom stereocenters. The molecule has 3 rings (SSSR count). The molecule has 9 heteroatoms. The molecule has 0 radical (unpaired) electrons. The Morgan fingerprint density at radius 3 is 3.09 bits per heavy atom. The van der Waals surface area contributed by atoms with Crippen molar-refractivity contribution in [2.45, 2.75) is 19.9 Å². The first-order valence-electron chi connectivity index (χ1n) is 6.55. The van der Waals surface area contributed by atoms with Crippen LogP contribution in [0.1, 0.15) is 11.3 Å². The Balaban J connectivity index is 1.68. The van der Waals surface area contributed by atoms with Gasteiger partial charge in [-0.15, -0.1) is 22.7 Å². The maximum Gasteiger partial charge on any atom is 0.227 e. The molecule has 1 amide bonds. The topological polar surface area (TPSA) is 75.6 Å². The van der Waals surface area contributed by atoms with Crippen molar-refractivity contribution in [1.82, 2.24) is 19.7 Å². The van der Waals surface area contributed by atoms with Crippen molar-refractivity contribution in [2.75, 3.05) is 5.32 Å². The molecule has 0 unspecified atom stereocenters. The lowest BCUT2D eigenvalue weighted by atomic mass is 10.3. The van der Waals surface area contributed by atoms with Crippen molar-refractivity contribution in [1.29, 1.82) is 0 Å². The second kappa shape index (κ2) is 6.51. The Bertz CT molecular complexity index is 830. The molecule has 0 aliphatic carbocycles. The van der Waals surface area contributed by atoms with Gasteiger partial charge < -0.3 is 5.32 Å². The summed E-state index contributed by atoms with van der Waals surface area (Å²) in [5.41, 5.74) is 0. The van der Waals surface area contributed by atoms with Gasteiger partial charge in [-0.2, -0.15) is 5.10 Å². The summed E-state index contributed by atoms with van der Waals surface area (Å²) in [4.78, 5) is 18.2. The van der Waals surface area contributed by atoms with Gasteiger partial charge in [0, 0.05) is 24.0 Å². The van der Waals surface area contributed by atoms with Gasteiger partial charge >= 0.3 is 0 Å². The Morgan fingerprint density at radius 2 is 2.41 bits per heavy atom. The van der Waals surface area contributed by atoms with Crippen molar-refractivity contribution in [3.63, 3.8) is 0 Å². The average Bonchev–Trinajstić information content (AvgIpc) is 3.19. The van der Waals surface area contributed by atoms with Crippen LogP contribution in [0.5, 0.6) is 0 Å². The molecule has 0 spiro atoms. The van der Waals surface area contributed by atoms with Crippen molar-refractivity contribution >= 4 is 45.9 Å². The van der Waals surface area contributed by atoms with E-state index in [1.807, 2.05) is 29.0 Å². The Hall–Kier alpha value is -1.84. The highest BCUT2D eigenvalue weighted by Gasteiger charge is 2.12. The molecule has 0 saturated heterocycles. The molecule has 3 aromatic rings. The van der Waals surface area contributed by atoms with E-state index in [9.17, 15) is 4.79 Å². The molecular weight excluding hydrogens is 338 g/mol. The van der Waals surface area contributed by atoms with E-state index in [0.29, 0.717) is 22.9 Å². The Labute approximate surface area is 139 Å². The van der Waals surface area contributed by atoms with Gasteiger partial charge in [0.2, 0.25) is 5.91 Å². The largest absolute Gasteiger partial charge is 0.302 e. The molecule has 0 aliphatic heterocycles. The number of carbonyl (C=O) groups excluding carboxylic acids is 1. The van der Waals surface area contributed by atoms with Crippen LogP contribution < -0.4 is 5.32 Å². The Morgan fingerprint density at radius 1 is 1.55 bits per heavy atom. The highest BCUT2D eigenvalue weighted by Crippen LogP contribution is 2.23. The lowest BCUT2D eigenvalue weighted by Crippen LogP contribution is -2.14. The van der Waals surface area contributed by atoms with Crippen molar-refractivity contribution in [3.8, 4) is 10.7 Å². The molecular formula is C13H13N5OS3. The minimum absolute atomic E-state index is 0.0884. The van der Waals surface area contributed by atoms with Crippen LogP contribution in [0.3, 0.4) is 0 Å². The second-order valence-electron chi connectivity index (χ2n) is 4.56. The highest BCUT2D eigenvalue weighted by atomic mass is 32.1. The van der Waals surface area contributed by atoms with Crippen LogP contribution in [-0.4, -0.2) is 25.7 Å². The van der Waals surface area contributed by atoms with Gasteiger partial charge in [0.15, 0.2) is 15.7 Å². The van der Waals surface area contributed by atoms with Crippen molar-refractivity contribution < 1.29 is 4.79 Å². The summed E-state index contributed by atoms with van der Waals surface area (Å²) in [6, 6.07) is 3.93. The van der Waals surface area contributed by atoms with E-state index in [1.165, 1.54) is 11.3 Å². The third-order valence-corrected chi connectivity index (χ3v) is 4.94. The first-order valence-corrected chi connectivity index (χ1v) is 8.65. The number of aryl methyl sites for hydroxylation is 1. The number of hydrogen-bond donors (Lipinski definition) is 2. The van der Waals surface area contributed by atoms with E-state index in [-0.39, 0.29) is 5.91 Å². The summed E-state index contributed by atoms with van der Waals surface area (Å²) in [7, 11) is 0. The quantitative estimate of drug-likeness (QED) is 0.690. The van der Waals surface area contributed by atoms with Crippen LogP contribution in [-0.2, 0) is 11.3 Å². The molecule has 22 heavy (non-hydrogen) atoms. The zero-order valence-electron chi connectivity index (χ0n) is 11.7. The zero-order chi connectivity index (χ0) is 15.5. The van der Waals surface area contributed by atoms with E-state index >= 15 is 0 Å². The minimum Gasteiger partial charge on any atom is -0.302 e. The number of aromatic nitrogens is 4. The summed E-state index contributed by atoms with van der Waals surface area (Å²) < 4.78 is 2.36. The molecule has 0 bridgehead atoms. The van der Waals surface area contributed by atoms with Gasteiger partial charge in [-0.05, 0) is 30.6 Å². The van der Waals surface area contributed by atoms with Crippen LogP contribution in [0.4, 0.5) is 5.13 Å². The normalized spacial score (nSPS) is 10.8. The second-order valence-corrected chi connectivity index (χ2v) is 7.12. The number of amides is 1. The number of thiazole rings is 1. The van der Waals surface area contributed by atoms with Crippen LogP contribution in [0, 0.1) is 11.7 Å². The van der Waals surface area contributed by atoms with Gasteiger partial charge in [0.25, 0.3) is 0 Å². The fraction of sp³-hybridized carbons (Fsp3) is 0.231. The maximum atomic E-state index is 12.0. The SMILES string of the molecule is Cc1cnc(NC(=O)CCn2c(-c3cccs3)n[nH]c2=S)s1. The Kier molecular flexibility index (Phi) is 4.46. The van der Waals surface area contributed by atoms with E-state index in [2.05, 4.69) is 20.5 Å². The van der Waals surface area contributed by atoms with E-state index in [4.69, 9.17) is 12.2 Å². The van der Waals surface area contributed by atoms with Crippen LogP contribution in [0.15, 0.2) is 23.7 Å². The number of H-pyrrole nitrogens is 1. The zero-order valence-corrected chi connectivity index (χ0v) is 14.1. The average molecular weight is 351 g/mol. The molecule has 2 N–H and O–H groups in total. The van der Waals surface area contributed by atoms with Crippen LogP contribution in [0.25, 0.3) is 10.7 Å². The molecule has 6 nitrogen and oxygen atoms in total. The minimum atomic E-state index is -0.0884. The molecule has 3 heterocycles. The van der Waals surface area contributed by atoms with Crippen LogP contribution in [0.2, 0.25) is 0 Å². The molecule has 0 aromatic carbocycles. The number of aromatic amines is 1. The van der Waals surface area contributed by atoms with Crippen molar-refractivity contribution in [2.24, 2.45) is 0 Å². The predicted molar refractivity (Wildman–Crippen MR) is 90.8 cm³/mol. The number of nitrogens with zero attached hydrogens (tertiary/aromatic N) is 3. The molecule has 114 valence electrons. The van der Waals surface area contributed by atoms with Gasteiger partial charge in [-0.1, -0.05) is 6.07 Å². The summed E-state index contributed by atoms with van der Waals surface area (Å²) in [5.74, 6) is 0.674. The fourth-order valence-electron chi connectivity index (χ4n) is 1.93. The number of rotatable bonds is 5. The number of anilines is 1. The summed E-state index contributed by atoms with van der Waals surface area (Å²) in [5, 5.41) is 12.4. The first-order chi connectivity index (χ1) is 10.6. The maximum absolute atomic E-state index is 12.0. The first kappa shape index (κ1) is 15.1. The fourth-order valence-corrected chi connectivity index (χ4v) is 3.55. The third kappa shape index (κ3) is 3.32. The molecule has 0 fully saturated rings. The summed E-state index contributed by atoms with van der Waals surface area (Å²) in [6.45, 7) is 2.42. The molecule has 3 aromatic heterocycles. The highest BCUT2D eigenvalue weighted by molar-refractivity contribution is 7.71. The van der Waals surface area contributed by atoms with E-state index < -0.39 is 0 Å². The number of nitrogens with one attached hydrogen (secondary N) is 2. The van der Waals surface area contributed by atoms with E-state index in [1.54, 1.807) is 17.5 Å². The summed E-state index contributed by atoms with van der Waals surface area (Å²) in [6.07, 6.45) is 2.05. The summed E-state index contributed by atoms with van der Waals surface area (Å²) >= 11 is 8.28. The lowest BCUT2D eigenvalue weighted by Gasteiger charge is -2.05. The van der Waals surface area contributed by atoms with Crippen LogP contribution >= 0.6 is 34.9 Å². The predicted octanol–water partition coefficient (Wildman–Crippen LogP) is 3.46. The van der Waals surface area contributed by atoms with Gasteiger partial charge in [0.05, 0.1) is 4.88 Å². The van der Waals surface area contributed by atoms with E-state index in [0.717, 1.165) is 15.6 Å². The smallest absolute Gasteiger partial charge is 0.227 e.